The number of nitrogens with one attached hydrogen (secondary N) is 3. The van der Waals surface area contributed by atoms with Crippen LogP contribution in [0.2, 0.25) is 0 Å². The lowest BCUT2D eigenvalue weighted by Crippen LogP contribution is -2.57. The van der Waals surface area contributed by atoms with Crippen molar-refractivity contribution in [2.24, 2.45) is 4.99 Å². The average Bonchev–Trinajstić information content (AvgIpc) is 2.71. The van der Waals surface area contributed by atoms with Gasteiger partial charge in [-0.05, 0) is 51.3 Å². The van der Waals surface area contributed by atoms with E-state index < -0.39 is 17.2 Å². The predicted molar refractivity (Wildman–Crippen MR) is 141 cm³/mol. The van der Waals surface area contributed by atoms with Crippen LogP contribution in [-0.2, 0) is 11.3 Å². The Bertz CT molecular complexity index is 754. The van der Waals surface area contributed by atoms with Gasteiger partial charge in [0.25, 0.3) is 5.91 Å². The van der Waals surface area contributed by atoms with E-state index in [0.717, 1.165) is 18.4 Å². The van der Waals surface area contributed by atoms with Gasteiger partial charge in [-0.2, -0.15) is 0 Å². The number of aliphatic imine (C=N–C) groups is 1. The van der Waals surface area contributed by atoms with Crippen LogP contribution in [0.4, 0.5) is 4.79 Å². The van der Waals surface area contributed by atoms with Gasteiger partial charge in [0.15, 0.2) is 5.96 Å². The predicted octanol–water partition coefficient (Wildman–Crippen LogP) is 3.75. The van der Waals surface area contributed by atoms with Gasteiger partial charge in [0.2, 0.25) is 0 Å². The Hall–Kier alpha value is -2.04. The third-order valence-corrected chi connectivity index (χ3v) is 5.00. The average molecular weight is 562 g/mol. The van der Waals surface area contributed by atoms with Crippen LogP contribution in [-0.4, -0.2) is 61.7 Å². The van der Waals surface area contributed by atoms with Crippen LogP contribution in [0, 0.1) is 0 Å². The maximum atomic E-state index is 12.3. The summed E-state index contributed by atoms with van der Waals surface area (Å²) < 4.78 is 5.43. The molecule has 0 aliphatic carbocycles. The van der Waals surface area contributed by atoms with E-state index in [1.54, 1.807) is 26.0 Å². The first-order valence-corrected chi connectivity index (χ1v) is 10.7. The smallest absolute Gasteiger partial charge is 0.408 e. The molecule has 182 valence electrons. The van der Waals surface area contributed by atoms with E-state index in [1.165, 1.54) is 0 Å². The Morgan fingerprint density at radius 2 is 1.59 bits per heavy atom. The van der Waals surface area contributed by atoms with Gasteiger partial charge in [-0.1, -0.05) is 26.0 Å². The SMILES string of the molecule is CCC(CC)(CNC(=NC)NCc1ccc(C(=O)N(C)C)cc1)NC(=O)OC(C)(C)C.I. The Kier molecular flexibility index (Phi) is 12.6. The molecule has 0 atom stereocenters. The highest BCUT2D eigenvalue weighted by atomic mass is 127. The molecular weight excluding hydrogens is 521 g/mol. The van der Waals surface area contributed by atoms with E-state index in [4.69, 9.17) is 4.74 Å². The quantitative estimate of drug-likeness (QED) is 0.255. The molecule has 0 spiro atoms. The minimum atomic E-state index is -0.547. The highest BCUT2D eigenvalue weighted by molar-refractivity contribution is 14.0. The molecule has 0 aromatic heterocycles. The fraction of sp³-hybridized carbons (Fsp3) is 0.609. The Morgan fingerprint density at radius 1 is 1.03 bits per heavy atom. The molecule has 3 N–H and O–H groups in total. The number of alkyl carbamates (subject to hydrolysis) is 1. The number of guanidine groups is 1. The topological polar surface area (TPSA) is 95.1 Å². The molecule has 0 radical (unpaired) electrons. The van der Waals surface area contributed by atoms with E-state index >= 15 is 0 Å². The molecular formula is C23H40IN5O3. The number of carbonyl (C=O) groups excluding carboxylic acids is 2. The minimum Gasteiger partial charge on any atom is -0.444 e. The van der Waals surface area contributed by atoms with Crippen molar-refractivity contribution in [1.29, 1.82) is 0 Å². The highest BCUT2D eigenvalue weighted by Gasteiger charge is 2.30. The van der Waals surface area contributed by atoms with Crippen LogP contribution >= 0.6 is 24.0 Å². The second kappa shape index (κ2) is 13.5. The monoisotopic (exact) mass is 561 g/mol. The van der Waals surface area contributed by atoms with Crippen LogP contribution in [0.5, 0.6) is 0 Å². The summed E-state index contributed by atoms with van der Waals surface area (Å²) in [5, 5.41) is 9.60. The zero-order valence-electron chi connectivity index (χ0n) is 20.7. The van der Waals surface area contributed by atoms with E-state index in [9.17, 15) is 9.59 Å². The summed E-state index contributed by atoms with van der Waals surface area (Å²) in [6, 6.07) is 7.48. The van der Waals surface area contributed by atoms with Gasteiger partial charge < -0.3 is 25.6 Å². The van der Waals surface area contributed by atoms with Crippen molar-refractivity contribution in [3.63, 3.8) is 0 Å². The molecule has 1 rings (SSSR count). The number of amides is 2. The molecule has 0 saturated heterocycles. The van der Waals surface area contributed by atoms with Crippen molar-refractivity contribution in [2.75, 3.05) is 27.7 Å². The molecule has 1 aromatic carbocycles. The molecule has 0 heterocycles. The van der Waals surface area contributed by atoms with Crippen LogP contribution in [0.3, 0.4) is 0 Å². The first-order chi connectivity index (χ1) is 14.4. The van der Waals surface area contributed by atoms with Gasteiger partial charge in [-0.25, -0.2) is 4.79 Å². The van der Waals surface area contributed by atoms with Crippen molar-refractivity contribution in [3.05, 3.63) is 35.4 Å². The summed E-state index contributed by atoms with van der Waals surface area (Å²) in [6.07, 6.45) is 1.07. The fourth-order valence-corrected chi connectivity index (χ4v) is 2.92. The fourth-order valence-electron chi connectivity index (χ4n) is 2.92. The van der Waals surface area contributed by atoms with Gasteiger partial charge in [0.1, 0.15) is 5.60 Å². The summed E-state index contributed by atoms with van der Waals surface area (Å²) in [4.78, 5) is 30.1. The molecule has 32 heavy (non-hydrogen) atoms. The molecule has 0 aliphatic rings. The van der Waals surface area contributed by atoms with Crippen molar-refractivity contribution >= 4 is 41.9 Å². The van der Waals surface area contributed by atoms with E-state index in [2.05, 4.69) is 20.9 Å². The number of benzene rings is 1. The highest BCUT2D eigenvalue weighted by Crippen LogP contribution is 2.16. The molecule has 9 heteroatoms. The third-order valence-electron chi connectivity index (χ3n) is 5.00. The van der Waals surface area contributed by atoms with Crippen molar-refractivity contribution in [2.45, 2.75) is 65.1 Å². The van der Waals surface area contributed by atoms with Crippen LogP contribution in [0.1, 0.15) is 63.4 Å². The second-order valence-electron chi connectivity index (χ2n) is 8.79. The Labute approximate surface area is 210 Å². The summed E-state index contributed by atoms with van der Waals surface area (Å²) in [5.74, 6) is 0.607. The number of rotatable bonds is 8. The van der Waals surface area contributed by atoms with Crippen LogP contribution in [0.15, 0.2) is 29.3 Å². The Balaban J connectivity index is 0.00000961. The van der Waals surface area contributed by atoms with Gasteiger partial charge in [-0.3, -0.25) is 9.79 Å². The molecule has 1 aromatic rings. The largest absolute Gasteiger partial charge is 0.444 e. The lowest BCUT2D eigenvalue weighted by atomic mass is 9.93. The summed E-state index contributed by atoms with van der Waals surface area (Å²) in [7, 11) is 5.17. The maximum Gasteiger partial charge on any atom is 0.408 e. The Morgan fingerprint density at radius 3 is 2.03 bits per heavy atom. The van der Waals surface area contributed by atoms with E-state index in [0.29, 0.717) is 24.6 Å². The first kappa shape index (κ1) is 30.0. The number of nitrogens with zero attached hydrogens (tertiary/aromatic N) is 2. The van der Waals surface area contributed by atoms with Gasteiger partial charge in [-0.15, -0.1) is 24.0 Å². The van der Waals surface area contributed by atoms with E-state index in [-0.39, 0.29) is 29.9 Å². The summed E-state index contributed by atoms with van der Waals surface area (Å²) in [5.41, 5.74) is 0.686. The summed E-state index contributed by atoms with van der Waals surface area (Å²) >= 11 is 0. The zero-order valence-corrected chi connectivity index (χ0v) is 23.0. The molecule has 0 aliphatic heterocycles. The lowest BCUT2D eigenvalue weighted by molar-refractivity contribution is 0.0448. The molecule has 2 amide bonds. The standard InChI is InChI=1S/C23H39N5O3.HI/c1-9-23(10-2,27-21(30)31-22(3,4)5)16-26-20(24-6)25-15-17-11-13-18(14-12-17)19(29)28(7)8;/h11-14H,9-10,15-16H2,1-8H3,(H,27,30)(H2,24,25,26);1H. The molecule has 0 bridgehead atoms. The molecule has 0 unspecified atom stereocenters. The van der Waals surface area contributed by atoms with Crippen LogP contribution < -0.4 is 16.0 Å². The van der Waals surface area contributed by atoms with Crippen molar-refractivity contribution < 1.29 is 14.3 Å². The number of ether oxygens (including phenoxy) is 1. The lowest BCUT2D eigenvalue weighted by Gasteiger charge is -2.34. The molecule has 0 saturated carbocycles. The summed E-state index contributed by atoms with van der Waals surface area (Å²) in [6.45, 7) is 10.7. The second-order valence-corrected chi connectivity index (χ2v) is 8.79. The molecule has 8 nitrogen and oxygen atoms in total. The normalized spacial score (nSPS) is 11.8. The zero-order chi connectivity index (χ0) is 23.7. The van der Waals surface area contributed by atoms with E-state index in [1.807, 2.05) is 58.9 Å². The van der Waals surface area contributed by atoms with Crippen LogP contribution in [0.25, 0.3) is 0 Å². The number of hydrogen-bond acceptors (Lipinski definition) is 4. The van der Waals surface area contributed by atoms with Gasteiger partial charge in [0, 0.05) is 39.8 Å². The maximum absolute atomic E-state index is 12.3. The van der Waals surface area contributed by atoms with Crippen molar-refractivity contribution in [3.8, 4) is 0 Å². The minimum absolute atomic E-state index is 0. The third kappa shape index (κ3) is 10.1. The number of carbonyl (C=O) groups is 2. The van der Waals surface area contributed by atoms with Crippen molar-refractivity contribution in [1.82, 2.24) is 20.9 Å². The number of hydrogen-bond donors (Lipinski definition) is 3. The number of halogens is 1. The van der Waals surface area contributed by atoms with Gasteiger partial charge in [0.05, 0.1) is 5.54 Å². The first-order valence-electron chi connectivity index (χ1n) is 10.7. The van der Waals surface area contributed by atoms with Gasteiger partial charge >= 0.3 is 6.09 Å². The molecule has 0 fully saturated rings.